The molecule has 9 heteroatoms. The summed E-state index contributed by atoms with van der Waals surface area (Å²) in [6.07, 6.45) is -4.12. The van der Waals surface area contributed by atoms with Crippen LogP contribution in [-0.4, -0.2) is 59.1 Å². The molecule has 0 bridgehead atoms. The van der Waals surface area contributed by atoms with Gasteiger partial charge < -0.3 is 24.1 Å². The Bertz CT molecular complexity index is 412. The minimum Gasteiger partial charge on any atom is -0.456 e. The third-order valence-corrected chi connectivity index (χ3v) is 3.40. The van der Waals surface area contributed by atoms with Gasteiger partial charge in [0.25, 0.3) is 0 Å². The molecule has 1 aliphatic heterocycles. The van der Waals surface area contributed by atoms with Gasteiger partial charge in [-0.05, 0) is 0 Å². The molecule has 1 fully saturated rings. The Kier molecular flexibility index (Phi) is 6.56. The number of aliphatic hydroxyl groups is 1. The molecule has 0 radical (unpaired) electrons. The van der Waals surface area contributed by atoms with Crippen LogP contribution in [0.25, 0.3) is 0 Å². The van der Waals surface area contributed by atoms with E-state index in [0.717, 1.165) is 0 Å². The van der Waals surface area contributed by atoms with Crippen molar-refractivity contribution in [2.75, 3.05) is 6.61 Å². The van der Waals surface area contributed by atoms with Gasteiger partial charge in [0.15, 0.2) is 23.3 Å². The number of carbonyl (C=O) groups excluding carboxylic acids is 3. The number of esters is 3. The minimum atomic E-state index is -1.09. The van der Waals surface area contributed by atoms with E-state index >= 15 is 0 Å². The van der Waals surface area contributed by atoms with E-state index in [9.17, 15) is 19.5 Å². The summed E-state index contributed by atoms with van der Waals surface area (Å²) in [5.41, 5.74) is 0. The van der Waals surface area contributed by atoms with Crippen molar-refractivity contribution >= 4 is 33.8 Å². The molecular weight excluding hydrogens is 352 g/mol. The molecule has 5 atom stereocenters. The summed E-state index contributed by atoms with van der Waals surface area (Å²) in [7, 11) is 0. The molecule has 120 valence electrons. The van der Waals surface area contributed by atoms with E-state index < -0.39 is 53.9 Å². The Morgan fingerprint density at radius 1 is 0.952 bits per heavy atom. The maximum atomic E-state index is 11.3. The molecule has 0 amide bonds. The van der Waals surface area contributed by atoms with Gasteiger partial charge in [0, 0.05) is 20.8 Å². The van der Waals surface area contributed by atoms with E-state index in [1.807, 2.05) is 0 Å². The van der Waals surface area contributed by atoms with E-state index in [-0.39, 0.29) is 0 Å². The smallest absolute Gasteiger partial charge is 0.303 e. The van der Waals surface area contributed by atoms with Crippen LogP contribution in [0.2, 0.25) is 0 Å². The van der Waals surface area contributed by atoms with Crippen LogP contribution < -0.4 is 0 Å². The predicted octanol–water partition coefficient (Wildman–Crippen LogP) is -0.106. The van der Waals surface area contributed by atoms with Crippen molar-refractivity contribution in [1.29, 1.82) is 0 Å². The standard InChI is InChI=1S/C12H17BrO8/c1-5(15)18-9-8(4-14)21-12(13)11(20-7(3)17)10(9)19-6(2)16/h8-12,14H,4H2,1-3H3/t8-,9-,10+,11-,12?/m1/s1. The van der Waals surface area contributed by atoms with Crippen molar-refractivity contribution in [3.63, 3.8) is 0 Å². The van der Waals surface area contributed by atoms with Crippen LogP contribution in [0.5, 0.6) is 0 Å². The Morgan fingerprint density at radius 2 is 1.38 bits per heavy atom. The van der Waals surface area contributed by atoms with Crippen LogP contribution in [-0.2, 0) is 33.3 Å². The summed E-state index contributed by atoms with van der Waals surface area (Å²) >= 11 is 3.15. The predicted molar refractivity (Wildman–Crippen MR) is 71.3 cm³/mol. The highest BCUT2D eigenvalue weighted by Gasteiger charge is 2.50. The Labute approximate surface area is 129 Å². The summed E-state index contributed by atoms with van der Waals surface area (Å²) in [5, 5.41) is 8.50. The van der Waals surface area contributed by atoms with Gasteiger partial charge in [-0.15, -0.1) is 0 Å². The second kappa shape index (κ2) is 7.71. The van der Waals surface area contributed by atoms with Crippen molar-refractivity contribution < 1.29 is 38.4 Å². The molecular formula is C12H17BrO8. The second-order valence-electron chi connectivity index (χ2n) is 4.43. The number of alkyl halides is 1. The molecule has 8 nitrogen and oxygen atoms in total. The van der Waals surface area contributed by atoms with Gasteiger partial charge in [0.2, 0.25) is 0 Å². The summed E-state index contributed by atoms with van der Waals surface area (Å²) < 4.78 is 20.6. The zero-order valence-electron chi connectivity index (χ0n) is 11.8. The fourth-order valence-electron chi connectivity index (χ4n) is 1.99. The first kappa shape index (κ1) is 17.9. The highest BCUT2D eigenvalue weighted by atomic mass is 79.9. The lowest BCUT2D eigenvalue weighted by Crippen LogP contribution is -2.60. The SMILES string of the molecule is CC(=O)O[C@H]1[C@H](OC(C)=O)[C@@H](OC(C)=O)C(Br)O[C@@H]1CO. The van der Waals surface area contributed by atoms with E-state index in [4.69, 9.17) is 18.9 Å². The monoisotopic (exact) mass is 368 g/mol. The van der Waals surface area contributed by atoms with Crippen LogP contribution in [0, 0.1) is 0 Å². The van der Waals surface area contributed by atoms with Gasteiger partial charge in [-0.2, -0.15) is 0 Å². The summed E-state index contributed by atoms with van der Waals surface area (Å²) in [5.74, 6) is -1.91. The van der Waals surface area contributed by atoms with Crippen LogP contribution >= 0.6 is 15.9 Å². The first-order valence-corrected chi connectivity index (χ1v) is 7.09. The fraction of sp³-hybridized carbons (Fsp3) is 0.750. The number of hydrogen-bond donors (Lipinski definition) is 1. The van der Waals surface area contributed by atoms with E-state index in [0.29, 0.717) is 0 Å². The first-order chi connectivity index (χ1) is 9.76. The highest BCUT2D eigenvalue weighted by Crippen LogP contribution is 2.31. The average Bonchev–Trinajstić information content (AvgIpc) is 2.35. The van der Waals surface area contributed by atoms with Crippen LogP contribution in [0.15, 0.2) is 0 Å². The summed E-state index contributed by atoms with van der Waals surface area (Å²) in [6, 6.07) is 0. The molecule has 1 N–H and O–H groups in total. The molecule has 1 rings (SSSR count). The lowest BCUT2D eigenvalue weighted by Gasteiger charge is -2.42. The summed E-state index contributed by atoms with van der Waals surface area (Å²) in [4.78, 5) is 33.6. The Morgan fingerprint density at radius 3 is 1.81 bits per heavy atom. The zero-order valence-corrected chi connectivity index (χ0v) is 13.4. The topological polar surface area (TPSA) is 108 Å². The number of carbonyl (C=O) groups is 3. The van der Waals surface area contributed by atoms with Crippen molar-refractivity contribution in [2.45, 2.75) is 50.2 Å². The van der Waals surface area contributed by atoms with Gasteiger partial charge in [-0.3, -0.25) is 14.4 Å². The average molecular weight is 369 g/mol. The molecule has 0 aromatic rings. The van der Waals surface area contributed by atoms with Crippen molar-refractivity contribution in [3.05, 3.63) is 0 Å². The van der Waals surface area contributed by atoms with Crippen molar-refractivity contribution in [3.8, 4) is 0 Å². The molecule has 0 aromatic heterocycles. The Balaban J connectivity index is 3.08. The lowest BCUT2D eigenvalue weighted by atomic mass is 9.99. The molecule has 0 spiro atoms. The number of halogens is 1. The molecule has 1 unspecified atom stereocenters. The van der Waals surface area contributed by atoms with Crippen LogP contribution in [0.4, 0.5) is 0 Å². The molecule has 0 saturated carbocycles. The number of rotatable bonds is 4. The van der Waals surface area contributed by atoms with Crippen LogP contribution in [0.1, 0.15) is 20.8 Å². The van der Waals surface area contributed by atoms with E-state index in [1.165, 1.54) is 20.8 Å². The van der Waals surface area contributed by atoms with Crippen molar-refractivity contribution in [1.82, 2.24) is 0 Å². The maximum absolute atomic E-state index is 11.3. The van der Waals surface area contributed by atoms with Crippen LogP contribution in [0.3, 0.4) is 0 Å². The minimum absolute atomic E-state index is 0.468. The Hall–Kier alpha value is -1.19. The largest absolute Gasteiger partial charge is 0.456 e. The molecule has 1 heterocycles. The lowest BCUT2D eigenvalue weighted by molar-refractivity contribution is -0.235. The number of aliphatic hydroxyl groups excluding tert-OH is 1. The van der Waals surface area contributed by atoms with Crippen molar-refractivity contribution in [2.24, 2.45) is 0 Å². The van der Waals surface area contributed by atoms with E-state index in [2.05, 4.69) is 15.9 Å². The fourth-order valence-corrected chi connectivity index (χ4v) is 2.67. The van der Waals surface area contributed by atoms with Gasteiger partial charge in [-0.25, -0.2) is 0 Å². The molecule has 0 aromatic carbocycles. The molecule has 21 heavy (non-hydrogen) atoms. The molecule has 1 aliphatic rings. The molecule has 0 aliphatic carbocycles. The van der Waals surface area contributed by atoms with Gasteiger partial charge in [0.1, 0.15) is 6.10 Å². The number of hydrogen-bond acceptors (Lipinski definition) is 8. The normalized spacial score (nSPS) is 32.1. The molecule has 1 saturated heterocycles. The quantitative estimate of drug-likeness (QED) is 0.416. The third kappa shape index (κ3) is 4.94. The summed E-state index contributed by atoms with van der Waals surface area (Å²) in [6.45, 7) is 3.05. The highest BCUT2D eigenvalue weighted by molar-refractivity contribution is 9.09. The van der Waals surface area contributed by atoms with E-state index in [1.54, 1.807) is 0 Å². The first-order valence-electron chi connectivity index (χ1n) is 6.18. The number of ether oxygens (including phenoxy) is 4. The maximum Gasteiger partial charge on any atom is 0.303 e. The van der Waals surface area contributed by atoms with Gasteiger partial charge in [-0.1, -0.05) is 15.9 Å². The second-order valence-corrected chi connectivity index (χ2v) is 5.33. The van der Waals surface area contributed by atoms with Gasteiger partial charge >= 0.3 is 17.9 Å². The third-order valence-electron chi connectivity index (χ3n) is 2.66. The van der Waals surface area contributed by atoms with Gasteiger partial charge in [0.05, 0.1) is 6.61 Å². The zero-order chi connectivity index (χ0) is 16.2.